The molecule has 8 atom stereocenters. The topological polar surface area (TPSA) is 148 Å². The van der Waals surface area contributed by atoms with E-state index in [1.807, 2.05) is 61.5 Å². The summed E-state index contributed by atoms with van der Waals surface area (Å²) in [7, 11) is 4.73. The summed E-state index contributed by atoms with van der Waals surface area (Å²) in [5.41, 5.74) is 0.483. The number of allylic oxidation sites excluding steroid dienone is 1. The molecule has 332 valence electrons. The van der Waals surface area contributed by atoms with Gasteiger partial charge in [0, 0.05) is 52.6 Å². The molecule has 2 rings (SSSR count). The molecule has 0 radical (unpaired) electrons. The van der Waals surface area contributed by atoms with Crippen LogP contribution in [0.2, 0.25) is 0 Å². The molecular formula is C46H76N6O7. The van der Waals surface area contributed by atoms with Gasteiger partial charge in [-0.15, -0.1) is 12.3 Å². The largest absolute Gasteiger partial charge is 0.340 e. The van der Waals surface area contributed by atoms with Crippen molar-refractivity contribution in [2.24, 2.45) is 23.7 Å². The van der Waals surface area contributed by atoms with Gasteiger partial charge < -0.3 is 29.8 Å². The molecule has 2 aliphatic rings. The molecule has 13 nitrogen and oxygen atoms in total. The molecule has 0 bridgehead atoms. The van der Waals surface area contributed by atoms with Crippen LogP contribution in [-0.4, -0.2) is 136 Å². The van der Waals surface area contributed by atoms with E-state index in [0.717, 1.165) is 12.8 Å². The number of nitrogens with one attached hydrogen (secondary N) is 1. The second-order valence-electron chi connectivity index (χ2n) is 17.6. The van der Waals surface area contributed by atoms with Crippen LogP contribution in [0.5, 0.6) is 0 Å². The molecule has 0 saturated carbocycles. The van der Waals surface area contributed by atoms with E-state index in [4.69, 9.17) is 6.42 Å². The maximum Gasteiger partial charge on any atom is 0.247 e. The molecule has 2 fully saturated rings. The Kier molecular flexibility index (Phi) is 20.3. The number of Topliss-reactive ketones (excluding diaryl/α,β-unsaturated/α-hetero) is 1. The first-order valence-electron chi connectivity index (χ1n) is 22.1. The minimum atomic E-state index is -0.981. The minimum absolute atomic E-state index is 0.0230. The molecule has 0 aromatic rings. The zero-order valence-electron chi connectivity index (χ0n) is 38.5. The maximum atomic E-state index is 14.7. The fourth-order valence-corrected chi connectivity index (χ4v) is 8.66. The van der Waals surface area contributed by atoms with Crippen LogP contribution < -0.4 is 5.32 Å². The Bertz CT molecular complexity index is 1570. The van der Waals surface area contributed by atoms with E-state index >= 15 is 0 Å². The van der Waals surface area contributed by atoms with Gasteiger partial charge in [0.1, 0.15) is 30.2 Å². The lowest BCUT2D eigenvalue weighted by atomic mass is 9.91. The molecule has 2 aliphatic heterocycles. The van der Waals surface area contributed by atoms with Gasteiger partial charge >= 0.3 is 0 Å². The van der Waals surface area contributed by atoms with Crippen LogP contribution in [0.4, 0.5) is 0 Å². The molecule has 0 aromatic heterocycles. The summed E-state index contributed by atoms with van der Waals surface area (Å²) in [6, 6.07) is -4.93. The highest BCUT2D eigenvalue weighted by Crippen LogP contribution is 2.29. The Morgan fingerprint density at radius 1 is 0.729 bits per heavy atom. The Labute approximate surface area is 355 Å². The third kappa shape index (κ3) is 12.4. The first-order chi connectivity index (χ1) is 27.7. The van der Waals surface area contributed by atoms with Crippen LogP contribution in [-0.2, 0) is 33.6 Å². The number of unbranched alkanes of at least 4 members (excludes halogenated alkanes) is 2. The molecule has 0 unspecified atom stereocenters. The Morgan fingerprint density at radius 3 is 1.76 bits per heavy atom. The third-order valence-corrected chi connectivity index (χ3v) is 12.7. The number of ketones is 1. The summed E-state index contributed by atoms with van der Waals surface area (Å²) >= 11 is 0. The predicted octanol–water partition coefficient (Wildman–Crippen LogP) is 5.07. The van der Waals surface area contributed by atoms with Gasteiger partial charge in [0.25, 0.3) is 0 Å². The summed E-state index contributed by atoms with van der Waals surface area (Å²) in [5, 5.41) is 2.94. The van der Waals surface area contributed by atoms with Crippen molar-refractivity contribution in [2.45, 2.75) is 170 Å². The molecule has 1 N–H and O–H groups in total. The number of nitrogens with zero attached hydrogens (tertiary/aromatic N) is 5. The van der Waals surface area contributed by atoms with Gasteiger partial charge in [-0.25, -0.2) is 0 Å². The lowest BCUT2D eigenvalue weighted by Crippen LogP contribution is -2.62. The van der Waals surface area contributed by atoms with Crippen LogP contribution >= 0.6 is 0 Å². The molecular weight excluding hydrogens is 749 g/mol. The van der Waals surface area contributed by atoms with Crippen LogP contribution in [0.15, 0.2) is 11.6 Å². The lowest BCUT2D eigenvalue weighted by molar-refractivity contribution is -0.158. The van der Waals surface area contributed by atoms with Gasteiger partial charge in [-0.3, -0.25) is 33.6 Å². The first-order valence-corrected chi connectivity index (χ1v) is 22.1. The number of carbonyl (C=O) groups is 7. The fourth-order valence-electron chi connectivity index (χ4n) is 8.66. The highest BCUT2D eigenvalue weighted by atomic mass is 16.2. The van der Waals surface area contributed by atoms with Crippen LogP contribution in [0, 0.1) is 36.0 Å². The van der Waals surface area contributed by atoms with E-state index in [9.17, 15) is 33.6 Å². The molecule has 13 heteroatoms. The van der Waals surface area contributed by atoms with Crippen molar-refractivity contribution in [1.82, 2.24) is 29.8 Å². The first kappa shape index (κ1) is 50.9. The summed E-state index contributed by atoms with van der Waals surface area (Å²) in [4.78, 5) is 106. The minimum Gasteiger partial charge on any atom is -0.340 e. The second kappa shape index (κ2) is 23.5. The summed E-state index contributed by atoms with van der Waals surface area (Å²) in [6.07, 6.45) is 13.1. The highest BCUT2D eigenvalue weighted by molar-refractivity contribution is 5.99. The van der Waals surface area contributed by atoms with Crippen molar-refractivity contribution in [3.8, 4) is 12.3 Å². The monoisotopic (exact) mass is 825 g/mol. The quantitative estimate of drug-likeness (QED) is 0.0967. The van der Waals surface area contributed by atoms with Gasteiger partial charge in [-0.2, -0.15) is 0 Å². The van der Waals surface area contributed by atoms with Gasteiger partial charge in [0.05, 0.1) is 6.04 Å². The number of hydrogen-bond acceptors (Lipinski definition) is 7. The standard InChI is InChI=1S/C46H76N6O7/c1-15-19-20-21-24-33(11)41(54)47-37(31(9)16-2)43(56)50(14)40(32(10)17-3)45(58)48(12)38(29(5)6)44(57)49(13)39(30(7)8)46(59)52-28-23-26-35(52)42(55)51-27-22-25-34(51)36(53)18-4/h1,24,29-32,34-35,37-40H,16-23,25-28H2,2-14H3,(H,47,54)/b33-24+/t31-,32-,34-,35-,37-,38-,39-,40-/m0/s1. The fraction of sp³-hybridized carbons (Fsp3) is 0.761. The smallest absolute Gasteiger partial charge is 0.247 e. The number of hydrogen-bond donors (Lipinski definition) is 1. The zero-order valence-corrected chi connectivity index (χ0v) is 38.5. The van der Waals surface area contributed by atoms with Crippen LogP contribution in [0.3, 0.4) is 0 Å². The molecule has 0 spiro atoms. The van der Waals surface area contributed by atoms with E-state index < -0.39 is 54.0 Å². The van der Waals surface area contributed by atoms with E-state index in [0.29, 0.717) is 70.0 Å². The van der Waals surface area contributed by atoms with Crippen molar-refractivity contribution in [3.05, 3.63) is 11.6 Å². The van der Waals surface area contributed by atoms with Crippen molar-refractivity contribution in [3.63, 3.8) is 0 Å². The molecule has 2 saturated heterocycles. The van der Waals surface area contributed by atoms with Gasteiger partial charge in [0.2, 0.25) is 35.4 Å². The second-order valence-corrected chi connectivity index (χ2v) is 17.6. The van der Waals surface area contributed by atoms with Gasteiger partial charge in [-0.05, 0) is 69.1 Å². The summed E-state index contributed by atoms with van der Waals surface area (Å²) in [5.74, 6) is -0.773. The van der Waals surface area contributed by atoms with Gasteiger partial charge in [0.15, 0.2) is 5.78 Å². The van der Waals surface area contributed by atoms with Crippen molar-refractivity contribution in [1.29, 1.82) is 0 Å². The molecule has 59 heavy (non-hydrogen) atoms. The van der Waals surface area contributed by atoms with Crippen molar-refractivity contribution in [2.75, 3.05) is 34.2 Å². The Morgan fingerprint density at radius 2 is 1.24 bits per heavy atom. The maximum absolute atomic E-state index is 14.7. The number of likely N-dealkylation sites (tertiary alicyclic amines) is 2. The van der Waals surface area contributed by atoms with Crippen molar-refractivity contribution >= 4 is 41.2 Å². The average molecular weight is 825 g/mol. The number of terminal acetylenes is 1. The predicted molar refractivity (Wildman–Crippen MR) is 231 cm³/mol. The average Bonchev–Trinajstić information content (AvgIpc) is 3.91. The Hall–Kier alpha value is -4.21. The van der Waals surface area contributed by atoms with E-state index in [1.54, 1.807) is 44.8 Å². The van der Waals surface area contributed by atoms with E-state index in [2.05, 4.69) is 11.2 Å². The summed E-state index contributed by atoms with van der Waals surface area (Å²) in [6.45, 7) is 19.4. The molecule has 2 heterocycles. The third-order valence-electron chi connectivity index (χ3n) is 12.7. The SMILES string of the molecule is C#CCCC/C=C(\C)C(=O)N[C@H](C(=O)N(C)[C@H](C(=O)N(C)[C@H](C(=O)N(C)[C@H](C(=O)N1CCC[C@H]1C(=O)N1CCC[C@H]1C(=O)CC)C(C)C)C(C)C)[C@@H](C)CC)[C@@H](C)CC. The number of rotatable bonds is 21. The normalized spacial score (nSPS) is 20.0. The van der Waals surface area contributed by atoms with Gasteiger partial charge in [-0.1, -0.05) is 81.2 Å². The van der Waals surface area contributed by atoms with Crippen LogP contribution in [0.1, 0.15) is 133 Å². The number of carbonyl (C=O) groups excluding carboxylic acids is 7. The van der Waals surface area contributed by atoms with E-state index in [-0.39, 0.29) is 47.2 Å². The number of likely N-dealkylation sites (N-methyl/N-ethyl adjacent to an activating group) is 3. The zero-order chi connectivity index (χ0) is 44.9. The summed E-state index contributed by atoms with van der Waals surface area (Å²) < 4.78 is 0. The van der Waals surface area contributed by atoms with E-state index in [1.165, 1.54) is 14.7 Å². The van der Waals surface area contributed by atoms with Crippen LogP contribution in [0.25, 0.3) is 0 Å². The molecule has 0 aliphatic carbocycles. The molecule has 6 amide bonds. The Balaban J connectivity index is 2.41. The lowest BCUT2D eigenvalue weighted by Gasteiger charge is -2.42. The molecule has 0 aromatic carbocycles. The number of amides is 6. The highest BCUT2D eigenvalue weighted by Gasteiger charge is 2.47. The van der Waals surface area contributed by atoms with Crippen molar-refractivity contribution < 1.29 is 33.6 Å².